The van der Waals surface area contributed by atoms with Crippen molar-refractivity contribution in [2.75, 3.05) is 7.11 Å². The van der Waals surface area contributed by atoms with Gasteiger partial charge in [0.2, 0.25) is 0 Å². The lowest BCUT2D eigenvalue weighted by atomic mass is 9.94. The lowest BCUT2D eigenvalue weighted by Crippen LogP contribution is -2.41. The second kappa shape index (κ2) is 12.7. The summed E-state index contributed by atoms with van der Waals surface area (Å²) in [5, 5.41) is 0.916. The lowest BCUT2D eigenvalue weighted by Gasteiger charge is -2.31. The second-order valence-corrected chi connectivity index (χ2v) is 12.4. The van der Waals surface area contributed by atoms with E-state index in [1.165, 1.54) is 42.1 Å². The van der Waals surface area contributed by atoms with Gasteiger partial charge in [-0.3, -0.25) is 14.7 Å². The van der Waals surface area contributed by atoms with Crippen molar-refractivity contribution in [1.82, 2.24) is 4.90 Å². The van der Waals surface area contributed by atoms with E-state index in [9.17, 15) is 4.79 Å². The molecule has 2 aliphatic carbocycles. The van der Waals surface area contributed by atoms with E-state index in [0.29, 0.717) is 24.1 Å². The van der Waals surface area contributed by atoms with Gasteiger partial charge in [-0.1, -0.05) is 56.7 Å². The Balaban J connectivity index is 1.35. The molecule has 2 saturated carbocycles. The minimum absolute atomic E-state index is 0.101. The molecule has 7 heteroatoms. The number of aliphatic imine (C=N–C) groups is 1. The van der Waals surface area contributed by atoms with Gasteiger partial charge < -0.3 is 9.47 Å². The van der Waals surface area contributed by atoms with Crippen LogP contribution in [-0.4, -0.2) is 35.2 Å². The van der Waals surface area contributed by atoms with Crippen molar-refractivity contribution in [3.05, 3.63) is 62.1 Å². The summed E-state index contributed by atoms with van der Waals surface area (Å²) in [4.78, 5) is 21.6. The first-order valence-electron chi connectivity index (χ1n) is 13.5. The predicted octanol–water partition coefficient (Wildman–Crippen LogP) is 7.82. The number of thioether (sulfide) groups is 1. The van der Waals surface area contributed by atoms with Gasteiger partial charge in [-0.05, 0) is 102 Å². The monoisotopic (exact) mass is 630 g/mol. The Kier molecular flexibility index (Phi) is 9.13. The fourth-order valence-electron chi connectivity index (χ4n) is 5.39. The summed E-state index contributed by atoms with van der Waals surface area (Å²) in [5.74, 6) is 1.46. The Morgan fingerprint density at radius 2 is 1.68 bits per heavy atom. The quantitative estimate of drug-likeness (QED) is 0.231. The minimum atomic E-state index is 0.101. The van der Waals surface area contributed by atoms with Gasteiger partial charge in [0.1, 0.15) is 6.61 Å². The van der Waals surface area contributed by atoms with Crippen LogP contribution in [0.2, 0.25) is 0 Å². The summed E-state index contributed by atoms with van der Waals surface area (Å²) in [6.07, 6.45) is 13.8. The molecule has 37 heavy (non-hydrogen) atoms. The van der Waals surface area contributed by atoms with Gasteiger partial charge in [0.25, 0.3) is 5.91 Å². The predicted molar refractivity (Wildman–Crippen MR) is 160 cm³/mol. The van der Waals surface area contributed by atoms with Crippen LogP contribution in [0.25, 0.3) is 6.08 Å². The molecule has 196 valence electrons. The van der Waals surface area contributed by atoms with E-state index in [0.717, 1.165) is 46.9 Å². The van der Waals surface area contributed by atoms with Crippen molar-refractivity contribution >= 4 is 51.5 Å². The molecule has 3 aliphatic rings. The third kappa shape index (κ3) is 6.72. The number of hydrogen-bond donors (Lipinski definition) is 0. The highest BCUT2D eigenvalue weighted by Crippen LogP contribution is 2.39. The van der Waals surface area contributed by atoms with Gasteiger partial charge in [0.15, 0.2) is 16.7 Å². The van der Waals surface area contributed by atoms with Crippen LogP contribution in [-0.2, 0) is 11.4 Å². The highest BCUT2D eigenvalue weighted by atomic mass is 127. The minimum Gasteiger partial charge on any atom is -0.493 e. The zero-order valence-electron chi connectivity index (χ0n) is 21.5. The Labute approximate surface area is 238 Å². The fourth-order valence-corrected chi connectivity index (χ4v) is 6.86. The Bertz CT molecular complexity index is 1150. The molecule has 0 spiro atoms. The first kappa shape index (κ1) is 26.6. The van der Waals surface area contributed by atoms with E-state index >= 15 is 0 Å². The maximum atomic E-state index is 13.7. The van der Waals surface area contributed by atoms with E-state index in [-0.39, 0.29) is 11.9 Å². The molecule has 1 heterocycles. The average molecular weight is 631 g/mol. The molecule has 5 nitrogen and oxygen atoms in total. The topological polar surface area (TPSA) is 51.1 Å². The van der Waals surface area contributed by atoms with Crippen LogP contribution in [0.1, 0.15) is 75.3 Å². The zero-order chi connectivity index (χ0) is 25.6. The number of carbonyl (C=O) groups is 1. The van der Waals surface area contributed by atoms with Gasteiger partial charge in [-0.2, -0.15) is 0 Å². The zero-order valence-corrected chi connectivity index (χ0v) is 24.4. The number of amides is 1. The van der Waals surface area contributed by atoms with Crippen LogP contribution >= 0.6 is 34.4 Å². The fraction of sp³-hybridized carbons (Fsp3) is 0.467. The molecule has 1 aliphatic heterocycles. The number of amidine groups is 1. The van der Waals surface area contributed by atoms with Crippen LogP contribution in [0.5, 0.6) is 11.5 Å². The number of benzene rings is 2. The molecule has 2 aromatic rings. The lowest BCUT2D eigenvalue weighted by molar-refractivity contribution is -0.124. The normalized spacial score (nSPS) is 21.7. The molecule has 0 atom stereocenters. The van der Waals surface area contributed by atoms with Crippen LogP contribution in [0.3, 0.4) is 0 Å². The Hall–Kier alpha value is -2.00. The molecule has 0 radical (unpaired) electrons. The first-order chi connectivity index (χ1) is 18.1. The Morgan fingerprint density at radius 3 is 2.38 bits per heavy atom. The molecule has 5 rings (SSSR count). The van der Waals surface area contributed by atoms with Crippen molar-refractivity contribution in [3.63, 3.8) is 0 Å². The molecular weight excluding hydrogens is 595 g/mol. The highest BCUT2D eigenvalue weighted by molar-refractivity contribution is 14.1. The molecule has 0 N–H and O–H groups in total. The number of hydrogen-bond acceptors (Lipinski definition) is 5. The smallest absolute Gasteiger partial charge is 0.266 e. The SMILES string of the molecule is COc1cc(/C=C2/SC(=NC3CCCCC3)N(C3CCCCC3)C2=O)ccc1OCc1ccc(I)cc1. The number of methoxy groups -OCH3 is 1. The standard InChI is InChI=1S/C30H35IN2O3S/c1-35-27-18-22(14-17-26(27)36-20-21-12-15-23(31)16-13-21)19-28-29(34)33(25-10-6-3-7-11-25)30(37-28)32-24-8-4-2-5-9-24/h12-19,24-25H,2-11,20H2,1H3/b28-19+,32-30?. The van der Waals surface area contributed by atoms with Crippen molar-refractivity contribution in [1.29, 1.82) is 0 Å². The summed E-state index contributed by atoms with van der Waals surface area (Å²) in [6, 6.07) is 14.8. The summed E-state index contributed by atoms with van der Waals surface area (Å²) < 4.78 is 12.9. The number of rotatable bonds is 7. The van der Waals surface area contributed by atoms with E-state index in [4.69, 9.17) is 14.5 Å². The van der Waals surface area contributed by atoms with Gasteiger partial charge in [-0.25, -0.2) is 0 Å². The van der Waals surface area contributed by atoms with Crippen molar-refractivity contribution in [3.8, 4) is 11.5 Å². The number of ether oxygens (including phenoxy) is 2. The summed E-state index contributed by atoms with van der Waals surface area (Å²) in [7, 11) is 1.65. The largest absolute Gasteiger partial charge is 0.493 e. The molecule has 0 bridgehead atoms. The third-order valence-electron chi connectivity index (χ3n) is 7.44. The van der Waals surface area contributed by atoms with Crippen molar-refractivity contribution in [2.45, 2.75) is 82.9 Å². The molecule has 0 aromatic heterocycles. The molecule has 0 unspecified atom stereocenters. The van der Waals surface area contributed by atoms with Crippen molar-refractivity contribution in [2.24, 2.45) is 4.99 Å². The maximum Gasteiger partial charge on any atom is 0.266 e. The summed E-state index contributed by atoms with van der Waals surface area (Å²) in [6.45, 7) is 0.472. The van der Waals surface area contributed by atoms with Crippen LogP contribution < -0.4 is 9.47 Å². The van der Waals surface area contributed by atoms with Crippen molar-refractivity contribution < 1.29 is 14.3 Å². The highest BCUT2D eigenvalue weighted by Gasteiger charge is 2.39. The average Bonchev–Trinajstić information content (AvgIpc) is 3.23. The molecule has 2 aromatic carbocycles. The molecule has 3 fully saturated rings. The number of carbonyl (C=O) groups excluding carboxylic acids is 1. The van der Waals surface area contributed by atoms with Crippen LogP contribution in [0.15, 0.2) is 52.4 Å². The summed E-state index contributed by atoms with van der Waals surface area (Å²) in [5.41, 5.74) is 2.03. The number of halogens is 1. The second-order valence-electron chi connectivity index (χ2n) is 10.1. The Morgan fingerprint density at radius 1 is 0.973 bits per heavy atom. The van der Waals surface area contributed by atoms with Gasteiger partial charge in [0, 0.05) is 9.61 Å². The van der Waals surface area contributed by atoms with E-state index in [1.807, 2.05) is 29.2 Å². The molecule has 1 amide bonds. The van der Waals surface area contributed by atoms with E-state index in [2.05, 4.69) is 46.9 Å². The summed E-state index contributed by atoms with van der Waals surface area (Å²) >= 11 is 3.85. The molecular formula is C30H35IN2O3S. The molecule has 1 saturated heterocycles. The van der Waals surface area contributed by atoms with Gasteiger partial charge in [0.05, 0.1) is 18.1 Å². The van der Waals surface area contributed by atoms with Gasteiger partial charge in [-0.15, -0.1) is 0 Å². The third-order valence-corrected chi connectivity index (χ3v) is 9.15. The van der Waals surface area contributed by atoms with Crippen LogP contribution in [0.4, 0.5) is 0 Å². The van der Waals surface area contributed by atoms with Crippen LogP contribution in [0, 0.1) is 3.57 Å². The number of nitrogens with zero attached hydrogens (tertiary/aromatic N) is 2. The maximum absolute atomic E-state index is 13.7. The van der Waals surface area contributed by atoms with E-state index in [1.54, 1.807) is 18.9 Å². The first-order valence-corrected chi connectivity index (χ1v) is 15.4. The van der Waals surface area contributed by atoms with Gasteiger partial charge >= 0.3 is 0 Å². The van der Waals surface area contributed by atoms with E-state index < -0.39 is 0 Å².